The molecular formula is C28H33BrCl2N2O3. The number of nitrogens with zero attached hydrogens (tertiary/aromatic N) is 2. The van der Waals surface area contributed by atoms with Crippen LogP contribution in [0, 0.1) is 0 Å². The molecule has 5 nitrogen and oxygen atoms in total. The predicted octanol–water partition coefficient (Wildman–Crippen LogP) is 7.47. The van der Waals surface area contributed by atoms with Gasteiger partial charge in [0, 0.05) is 26.6 Å². The molecule has 194 valence electrons. The highest BCUT2D eigenvalue weighted by molar-refractivity contribution is 9.10. The number of unbranched alkanes of at least 4 members (excludes halogenated alkanes) is 2. The van der Waals surface area contributed by atoms with Gasteiger partial charge in [0.25, 0.3) is 11.7 Å². The summed E-state index contributed by atoms with van der Waals surface area (Å²) in [5, 5.41) is 12.0. The standard InChI is InChI=1S/C28H33BrCl2N2O3/c1-3-5-14-32(15-6-4-2)16-7-17-33-25(22-13-12-21(30)18-23(22)31)24(27(35)28(33)36)26(34)19-8-10-20(29)11-9-19/h8-13,18,25,34H,3-7,14-17H2,1-2H3/b26-24+. The average molecular weight is 596 g/mol. The normalized spacial score (nSPS) is 17.4. The van der Waals surface area contributed by atoms with E-state index in [9.17, 15) is 14.7 Å². The van der Waals surface area contributed by atoms with Crippen molar-refractivity contribution in [1.29, 1.82) is 0 Å². The number of aliphatic hydroxyl groups is 1. The van der Waals surface area contributed by atoms with Gasteiger partial charge in [0.2, 0.25) is 0 Å². The maximum absolute atomic E-state index is 13.2. The molecule has 0 aliphatic carbocycles. The number of benzene rings is 2. The van der Waals surface area contributed by atoms with Crippen molar-refractivity contribution in [2.24, 2.45) is 0 Å². The Hall–Kier alpha value is -1.86. The minimum atomic E-state index is -0.793. The fourth-order valence-corrected chi connectivity index (χ4v) is 5.26. The number of rotatable bonds is 12. The number of amides is 1. The summed E-state index contributed by atoms with van der Waals surface area (Å²) in [5.74, 6) is -1.55. The van der Waals surface area contributed by atoms with Gasteiger partial charge in [-0.3, -0.25) is 9.59 Å². The number of carbonyl (C=O) groups is 2. The van der Waals surface area contributed by atoms with Gasteiger partial charge in [-0.05, 0) is 68.7 Å². The van der Waals surface area contributed by atoms with Gasteiger partial charge in [-0.25, -0.2) is 0 Å². The van der Waals surface area contributed by atoms with Crippen LogP contribution >= 0.6 is 39.1 Å². The van der Waals surface area contributed by atoms with Gasteiger partial charge in [0.05, 0.1) is 11.6 Å². The summed E-state index contributed by atoms with van der Waals surface area (Å²) < 4.78 is 0.840. The van der Waals surface area contributed by atoms with Crippen LogP contribution in [0.4, 0.5) is 0 Å². The topological polar surface area (TPSA) is 60.9 Å². The van der Waals surface area contributed by atoms with E-state index in [1.165, 1.54) is 0 Å². The number of halogens is 3. The maximum atomic E-state index is 13.2. The van der Waals surface area contributed by atoms with E-state index < -0.39 is 17.7 Å². The smallest absolute Gasteiger partial charge is 0.295 e. The Labute approximate surface area is 232 Å². The second-order valence-corrected chi connectivity index (χ2v) is 10.8. The van der Waals surface area contributed by atoms with E-state index in [1.807, 2.05) is 0 Å². The molecule has 1 aliphatic heterocycles. The Kier molecular flexibility index (Phi) is 10.9. The fraction of sp³-hybridized carbons (Fsp3) is 0.429. The molecule has 3 rings (SSSR count). The number of ketones is 1. The average Bonchev–Trinajstić information content (AvgIpc) is 3.10. The van der Waals surface area contributed by atoms with Gasteiger partial charge in [-0.1, -0.05) is 84.0 Å². The lowest BCUT2D eigenvalue weighted by Crippen LogP contribution is -2.34. The third kappa shape index (κ3) is 6.91. The highest BCUT2D eigenvalue weighted by atomic mass is 79.9. The first-order valence-corrected chi connectivity index (χ1v) is 14.0. The molecule has 1 atom stereocenters. The lowest BCUT2D eigenvalue weighted by molar-refractivity contribution is -0.140. The molecule has 36 heavy (non-hydrogen) atoms. The van der Waals surface area contributed by atoms with Crippen molar-refractivity contribution in [2.75, 3.05) is 26.2 Å². The van der Waals surface area contributed by atoms with Crippen molar-refractivity contribution in [1.82, 2.24) is 9.80 Å². The molecular weight excluding hydrogens is 563 g/mol. The van der Waals surface area contributed by atoms with Gasteiger partial charge >= 0.3 is 0 Å². The van der Waals surface area contributed by atoms with Crippen LogP contribution in [0.2, 0.25) is 10.0 Å². The number of hydrogen-bond donors (Lipinski definition) is 1. The first kappa shape index (κ1) is 28.7. The molecule has 0 bridgehead atoms. The third-order valence-corrected chi connectivity index (χ3v) is 7.53. The van der Waals surface area contributed by atoms with Gasteiger partial charge in [0.1, 0.15) is 5.76 Å². The molecule has 1 unspecified atom stereocenters. The summed E-state index contributed by atoms with van der Waals surface area (Å²) in [5.41, 5.74) is 1.06. The Balaban J connectivity index is 1.95. The van der Waals surface area contributed by atoms with Gasteiger partial charge in [-0.2, -0.15) is 0 Å². The number of aliphatic hydroxyl groups excluding tert-OH is 1. The highest BCUT2D eigenvalue weighted by Gasteiger charge is 2.46. The molecule has 1 heterocycles. The molecule has 8 heteroatoms. The molecule has 0 radical (unpaired) electrons. The second kappa shape index (κ2) is 13.6. The zero-order valence-electron chi connectivity index (χ0n) is 20.8. The highest BCUT2D eigenvalue weighted by Crippen LogP contribution is 2.42. The molecule has 0 spiro atoms. The fourth-order valence-electron chi connectivity index (χ4n) is 4.48. The SMILES string of the molecule is CCCCN(CCCC)CCCN1C(=O)C(=O)/C(=C(/O)c2ccc(Br)cc2)C1c1ccc(Cl)cc1Cl. The van der Waals surface area contributed by atoms with Crippen LogP contribution in [0.25, 0.3) is 5.76 Å². The summed E-state index contributed by atoms with van der Waals surface area (Å²) in [6.07, 6.45) is 5.22. The first-order valence-electron chi connectivity index (χ1n) is 12.5. The van der Waals surface area contributed by atoms with Gasteiger partial charge < -0.3 is 14.9 Å². The maximum Gasteiger partial charge on any atom is 0.295 e. The van der Waals surface area contributed by atoms with Crippen molar-refractivity contribution in [2.45, 2.75) is 52.0 Å². The minimum Gasteiger partial charge on any atom is -0.507 e. The van der Waals surface area contributed by atoms with Crippen LogP contribution in [0.3, 0.4) is 0 Å². The van der Waals surface area contributed by atoms with Crippen LogP contribution in [0.15, 0.2) is 52.5 Å². The quantitative estimate of drug-likeness (QED) is 0.157. The van der Waals surface area contributed by atoms with Crippen LogP contribution < -0.4 is 0 Å². The minimum absolute atomic E-state index is 0.0420. The molecule has 1 saturated heterocycles. The van der Waals surface area contributed by atoms with Crippen molar-refractivity contribution in [3.63, 3.8) is 0 Å². The van der Waals surface area contributed by atoms with E-state index in [2.05, 4.69) is 34.7 Å². The summed E-state index contributed by atoms with van der Waals surface area (Å²) in [6.45, 7) is 7.60. The molecule has 0 aromatic heterocycles. The second-order valence-electron chi connectivity index (χ2n) is 9.07. The number of carbonyl (C=O) groups excluding carboxylic acids is 2. The summed E-state index contributed by atoms with van der Waals surface area (Å²) in [6, 6.07) is 11.2. The molecule has 0 saturated carbocycles. The van der Waals surface area contributed by atoms with Gasteiger partial charge in [-0.15, -0.1) is 0 Å². The monoisotopic (exact) mass is 594 g/mol. The third-order valence-electron chi connectivity index (χ3n) is 6.44. The van der Waals surface area contributed by atoms with Crippen molar-refractivity contribution in [3.05, 3.63) is 73.7 Å². The van der Waals surface area contributed by atoms with E-state index in [1.54, 1.807) is 47.4 Å². The van der Waals surface area contributed by atoms with E-state index in [0.717, 1.165) is 49.8 Å². The Morgan fingerprint density at radius 2 is 1.58 bits per heavy atom. The number of hydrogen-bond acceptors (Lipinski definition) is 4. The van der Waals surface area contributed by atoms with Crippen molar-refractivity contribution in [3.8, 4) is 0 Å². The van der Waals surface area contributed by atoms with Crippen molar-refractivity contribution < 1.29 is 14.7 Å². The van der Waals surface area contributed by atoms with Crippen LogP contribution in [-0.4, -0.2) is 52.8 Å². The molecule has 1 N–H and O–H groups in total. The lowest BCUT2D eigenvalue weighted by Gasteiger charge is -2.28. The van der Waals surface area contributed by atoms with E-state index in [4.69, 9.17) is 23.2 Å². The number of Topliss-reactive ketones (excluding diaryl/α,β-unsaturated/α-hetero) is 1. The predicted molar refractivity (Wildman–Crippen MR) is 150 cm³/mol. The number of likely N-dealkylation sites (tertiary alicyclic amines) is 1. The molecule has 1 amide bonds. The molecule has 1 fully saturated rings. The van der Waals surface area contributed by atoms with Gasteiger partial charge in [0.15, 0.2) is 0 Å². The summed E-state index contributed by atoms with van der Waals surface area (Å²) in [4.78, 5) is 30.4. The lowest BCUT2D eigenvalue weighted by atomic mass is 9.95. The Bertz CT molecular complexity index is 1100. The molecule has 2 aromatic rings. The van der Waals surface area contributed by atoms with E-state index >= 15 is 0 Å². The zero-order chi connectivity index (χ0) is 26.2. The van der Waals surface area contributed by atoms with E-state index in [0.29, 0.717) is 34.1 Å². The van der Waals surface area contributed by atoms with Crippen molar-refractivity contribution >= 4 is 56.6 Å². The first-order chi connectivity index (χ1) is 17.3. The molecule has 1 aliphatic rings. The van der Waals surface area contributed by atoms with Crippen LogP contribution in [0.5, 0.6) is 0 Å². The van der Waals surface area contributed by atoms with E-state index in [-0.39, 0.29) is 11.3 Å². The summed E-state index contributed by atoms with van der Waals surface area (Å²) in [7, 11) is 0. The summed E-state index contributed by atoms with van der Waals surface area (Å²) >= 11 is 16.1. The van der Waals surface area contributed by atoms with Crippen LogP contribution in [0.1, 0.15) is 63.1 Å². The molecule has 2 aromatic carbocycles. The Morgan fingerprint density at radius 1 is 0.972 bits per heavy atom. The Morgan fingerprint density at radius 3 is 2.17 bits per heavy atom. The largest absolute Gasteiger partial charge is 0.507 e. The van der Waals surface area contributed by atoms with Crippen LogP contribution in [-0.2, 0) is 9.59 Å². The zero-order valence-corrected chi connectivity index (χ0v) is 23.9.